The molecule has 2 heterocycles. The quantitative estimate of drug-likeness (QED) is 0.407. The molecule has 2 aliphatic heterocycles. The van der Waals surface area contributed by atoms with Crippen molar-refractivity contribution < 1.29 is 39.4 Å². The third-order valence-electron chi connectivity index (χ3n) is 2.93. The number of aliphatic carboxylic acids is 1. The molecule has 0 aliphatic carbocycles. The lowest BCUT2D eigenvalue weighted by Gasteiger charge is -2.47. The van der Waals surface area contributed by atoms with Gasteiger partial charge in [0.25, 0.3) is 5.79 Å². The number of aliphatic hydroxyl groups excluding tert-OH is 3. The second kappa shape index (κ2) is 4.16. The fourth-order valence-electron chi connectivity index (χ4n) is 1.85. The predicted molar refractivity (Wildman–Crippen MR) is 49.8 cm³/mol. The van der Waals surface area contributed by atoms with Gasteiger partial charge in [0.15, 0.2) is 6.29 Å². The molecular weight excluding hydrogens is 236 g/mol. The molecule has 98 valence electrons. The molecule has 0 bridgehead atoms. The van der Waals surface area contributed by atoms with Crippen LogP contribution < -0.4 is 0 Å². The first-order valence-electron chi connectivity index (χ1n) is 5.10. The summed E-state index contributed by atoms with van der Waals surface area (Å²) in [5.74, 6) is -3.24. The second-order valence-corrected chi connectivity index (χ2v) is 4.19. The van der Waals surface area contributed by atoms with Crippen LogP contribution in [0.15, 0.2) is 0 Å². The van der Waals surface area contributed by atoms with Gasteiger partial charge in [-0.25, -0.2) is 4.79 Å². The van der Waals surface area contributed by atoms with E-state index in [-0.39, 0.29) is 6.61 Å². The molecule has 6 atom stereocenters. The van der Waals surface area contributed by atoms with Crippen LogP contribution in [-0.4, -0.2) is 69.5 Å². The molecule has 0 aromatic heterocycles. The van der Waals surface area contributed by atoms with E-state index in [1.807, 2.05) is 0 Å². The number of carboxylic acids is 1. The van der Waals surface area contributed by atoms with Crippen molar-refractivity contribution >= 4 is 5.97 Å². The topological polar surface area (TPSA) is 126 Å². The number of rotatable bonds is 1. The zero-order valence-electron chi connectivity index (χ0n) is 9.02. The lowest BCUT2D eigenvalue weighted by molar-refractivity contribution is -0.373. The third-order valence-corrected chi connectivity index (χ3v) is 2.93. The van der Waals surface area contributed by atoms with Gasteiger partial charge in [-0.3, -0.25) is 0 Å². The molecule has 2 rings (SSSR count). The van der Waals surface area contributed by atoms with Crippen LogP contribution in [0.3, 0.4) is 0 Å². The van der Waals surface area contributed by atoms with E-state index in [1.54, 1.807) is 0 Å². The van der Waals surface area contributed by atoms with Gasteiger partial charge in [0.2, 0.25) is 0 Å². The largest absolute Gasteiger partial charge is 0.477 e. The number of aliphatic hydroxyl groups is 3. The number of hydrogen-bond donors (Lipinski definition) is 4. The number of carbonyl (C=O) groups is 1. The van der Waals surface area contributed by atoms with Crippen molar-refractivity contribution in [2.75, 3.05) is 6.61 Å². The molecule has 0 saturated carbocycles. The highest BCUT2D eigenvalue weighted by Gasteiger charge is 2.53. The van der Waals surface area contributed by atoms with Crippen molar-refractivity contribution in [1.82, 2.24) is 0 Å². The Balaban J connectivity index is 2.16. The smallest absolute Gasteiger partial charge is 0.364 e. The van der Waals surface area contributed by atoms with Crippen LogP contribution in [0.25, 0.3) is 0 Å². The highest BCUT2D eigenvalue weighted by molar-refractivity contribution is 5.75. The summed E-state index contributed by atoms with van der Waals surface area (Å²) < 4.78 is 15.0. The third kappa shape index (κ3) is 2.03. The standard InChI is InChI=1S/C9H14O8/c1-9(8(13)14)15-2-3-6(17-9)4(10)5(11)7(12)16-3/h3-7,10-12H,2H2,1H3,(H,13,14)/t3-,4-,5-,6+,7-,9-/m1/s1. The molecular formula is C9H14O8. The van der Waals surface area contributed by atoms with Crippen LogP contribution >= 0.6 is 0 Å². The van der Waals surface area contributed by atoms with E-state index < -0.39 is 42.5 Å². The van der Waals surface area contributed by atoms with Gasteiger partial charge in [-0.05, 0) is 0 Å². The lowest BCUT2D eigenvalue weighted by Crippen LogP contribution is -2.66. The normalized spacial score (nSPS) is 50.7. The minimum absolute atomic E-state index is 0.158. The van der Waals surface area contributed by atoms with Crippen LogP contribution in [0.4, 0.5) is 0 Å². The van der Waals surface area contributed by atoms with Gasteiger partial charge in [0, 0.05) is 6.92 Å². The number of ether oxygens (including phenoxy) is 3. The van der Waals surface area contributed by atoms with Gasteiger partial charge in [0.1, 0.15) is 24.4 Å². The molecule has 2 fully saturated rings. The fraction of sp³-hybridized carbons (Fsp3) is 0.889. The maximum Gasteiger partial charge on any atom is 0.364 e. The second-order valence-electron chi connectivity index (χ2n) is 4.19. The highest BCUT2D eigenvalue weighted by Crippen LogP contribution is 2.32. The average Bonchev–Trinajstić information content (AvgIpc) is 2.27. The van der Waals surface area contributed by atoms with Crippen molar-refractivity contribution in [3.63, 3.8) is 0 Å². The number of carboxylic acid groups (broad SMARTS) is 1. The Morgan fingerprint density at radius 1 is 1.29 bits per heavy atom. The monoisotopic (exact) mass is 250 g/mol. The highest BCUT2D eigenvalue weighted by atomic mass is 16.8. The Hall–Kier alpha value is -0.770. The first kappa shape index (κ1) is 12.7. The van der Waals surface area contributed by atoms with Gasteiger partial charge in [-0.2, -0.15) is 0 Å². The molecule has 8 nitrogen and oxygen atoms in total. The van der Waals surface area contributed by atoms with E-state index in [0.29, 0.717) is 0 Å². The maximum atomic E-state index is 10.9. The summed E-state index contributed by atoms with van der Waals surface area (Å²) in [5, 5.41) is 37.3. The van der Waals surface area contributed by atoms with E-state index in [1.165, 1.54) is 6.92 Å². The first-order valence-corrected chi connectivity index (χ1v) is 5.10. The minimum atomic E-state index is -1.90. The molecule has 0 radical (unpaired) electrons. The summed E-state index contributed by atoms with van der Waals surface area (Å²) in [7, 11) is 0. The van der Waals surface area contributed by atoms with Gasteiger partial charge in [-0.15, -0.1) is 0 Å². The summed E-state index contributed by atoms with van der Waals surface area (Å²) in [5.41, 5.74) is 0. The molecule has 4 N–H and O–H groups in total. The SMILES string of the molecule is C[C@@]1(C(=O)O)OC[C@H]2O[C@@H](O)[C@H](O)[C@@H](O)[C@H]2O1. The molecule has 0 aromatic carbocycles. The average molecular weight is 250 g/mol. The van der Waals surface area contributed by atoms with Gasteiger partial charge >= 0.3 is 5.97 Å². The maximum absolute atomic E-state index is 10.9. The Bertz CT molecular complexity index is 318. The summed E-state index contributed by atoms with van der Waals surface area (Å²) in [6.07, 6.45) is -6.43. The van der Waals surface area contributed by atoms with E-state index in [4.69, 9.17) is 19.3 Å². The molecule has 2 aliphatic rings. The Morgan fingerprint density at radius 2 is 1.94 bits per heavy atom. The first-order chi connectivity index (χ1) is 7.85. The Kier molecular flexibility index (Phi) is 3.10. The molecule has 8 heteroatoms. The van der Waals surface area contributed by atoms with Crippen LogP contribution in [0.1, 0.15) is 6.92 Å². The van der Waals surface area contributed by atoms with E-state index >= 15 is 0 Å². The Morgan fingerprint density at radius 3 is 2.53 bits per heavy atom. The van der Waals surface area contributed by atoms with E-state index in [9.17, 15) is 20.1 Å². The fourth-order valence-corrected chi connectivity index (χ4v) is 1.85. The predicted octanol–water partition coefficient (Wildman–Crippen LogP) is -2.36. The van der Waals surface area contributed by atoms with E-state index in [0.717, 1.165) is 0 Å². The lowest BCUT2D eigenvalue weighted by atomic mass is 9.97. The number of fused-ring (bicyclic) bond motifs is 1. The number of hydrogen-bond acceptors (Lipinski definition) is 7. The van der Waals surface area contributed by atoms with Crippen LogP contribution in [0.5, 0.6) is 0 Å². The van der Waals surface area contributed by atoms with Gasteiger partial charge < -0.3 is 34.6 Å². The van der Waals surface area contributed by atoms with E-state index in [2.05, 4.69) is 0 Å². The van der Waals surface area contributed by atoms with Crippen LogP contribution in [-0.2, 0) is 19.0 Å². The van der Waals surface area contributed by atoms with Crippen LogP contribution in [0.2, 0.25) is 0 Å². The zero-order chi connectivity index (χ0) is 12.8. The summed E-state index contributed by atoms with van der Waals surface area (Å²) in [6, 6.07) is 0. The van der Waals surface area contributed by atoms with Gasteiger partial charge in [0.05, 0.1) is 6.61 Å². The summed E-state index contributed by atoms with van der Waals surface area (Å²) >= 11 is 0. The van der Waals surface area contributed by atoms with Crippen molar-refractivity contribution in [3.05, 3.63) is 0 Å². The molecule has 0 spiro atoms. The Labute approximate surface area is 96.3 Å². The van der Waals surface area contributed by atoms with Crippen molar-refractivity contribution in [1.29, 1.82) is 0 Å². The van der Waals surface area contributed by atoms with Crippen molar-refractivity contribution in [2.24, 2.45) is 0 Å². The molecule has 2 saturated heterocycles. The molecule has 0 amide bonds. The molecule has 17 heavy (non-hydrogen) atoms. The molecule has 0 aromatic rings. The summed E-state index contributed by atoms with van der Waals surface area (Å²) in [4.78, 5) is 10.9. The van der Waals surface area contributed by atoms with Crippen LogP contribution in [0, 0.1) is 0 Å². The van der Waals surface area contributed by atoms with Gasteiger partial charge in [-0.1, -0.05) is 0 Å². The summed E-state index contributed by atoms with van der Waals surface area (Å²) in [6.45, 7) is 1.03. The molecule has 0 unspecified atom stereocenters. The minimum Gasteiger partial charge on any atom is -0.477 e. The van der Waals surface area contributed by atoms with Crippen molar-refractivity contribution in [3.8, 4) is 0 Å². The van der Waals surface area contributed by atoms with Crippen molar-refractivity contribution in [2.45, 2.75) is 43.4 Å². The zero-order valence-corrected chi connectivity index (χ0v) is 9.02.